The van der Waals surface area contributed by atoms with Gasteiger partial charge >= 0.3 is 0 Å². The monoisotopic (exact) mass is 213 g/mol. The van der Waals surface area contributed by atoms with Gasteiger partial charge in [0.25, 0.3) is 0 Å². The number of halogens is 1. The van der Waals surface area contributed by atoms with E-state index in [1.165, 1.54) is 18.5 Å². The molecule has 78 valence electrons. The third-order valence-corrected chi connectivity index (χ3v) is 3.20. The van der Waals surface area contributed by atoms with Crippen molar-refractivity contribution >= 4 is 11.6 Å². The van der Waals surface area contributed by atoms with E-state index in [-0.39, 0.29) is 0 Å². The van der Waals surface area contributed by atoms with Gasteiger partial charge in [-0.15, -0.1) is 0 Å². The SMILES string of the molecule is CNCC(c1c(Cl)cnn1C)C1CC1. The maximum Gasteiger partial charge on any atom is 0.0821 e. The quantitative estimate of drug-likeness (QED) is 0.827. The van der Waals surface area contributed by atoms with Crippen LogP contribution in [0.3, 0.4) is 0 Å². The van der Waals surface area contributed by atoms with E-state index < -0.39 is 0 Å². The topological polar surface area (TPSA) is 29.9 Å². The van der Waals surface area contributed by atoms with E-state index in [4.69, 9.17) is 11.6 Å². The van der Waals surface area contributed by atoms with E-state index in [2.05, 4.69) is 10.4 Å². The Hall–Kier alpha value is -0.540. The first-order valence-corrected chi connectivity index (χ1v) is 5.43. The lowest BCUT2D eigenvalue weighted by atomic mass is 9.99. The van der Waals surface area contributed by atoms with Gasteiger partial charge in [-0.2, -0.15) is 5.10 Å². The highest BCUT2D eigenvalue weighted by Gasteiger charge is 2.34. The van der Waals surface area contributed by atoms with Crippen LogP contribution in [-0.2, 0) is 7.05 Å². The van der Waals surface area contributed by atoms with Crippen LogP contribution in [0, 0.1) is 5.92 Å². The number of likely N-dealkylation sites (N-methyl/N-ethyl adjacent to an activating group) is 1. The van der Waals surface area contributed by atoms with Crippen LogP contribution in [0.5, 0.6) is 0 Å². The normalized spacial score (nSPS) is 18.5. The number of aromatic nitrogens is 2. The third-order valence-electron chi connectivity index (χ3n) is 2.90. The molecule has 0 radical (unpaired) electrons. The molecule has 1 atom stereocenters. The van der Waals surface area contributed by atoms with E-state index in [0.29, 0.717) is 5.92 Å². The number of nitrogens with one attached hydrogen (secondary N) is 1. The molecule has 0 aliphatic heterocycles. The number of hydrogen-bond donors (Lipinski definition) is 1. The van der Waals surface area contributed by atoms with Gasteiger partial charge in [0.15, 0.2) is 0 Å². The van der Waals surface area contributed by atoms with Crippen molar-refractivity contribution < 1.29 is 0 Å². The zero-order chi connectivity index (χ0) is 10.1. The largest absolute Gasteiger partial charge is 0.319 e. The molecule has 0 spiro atoms. The Balaban J connectivity index is 2.24. The molecule has 1 aromatic rings. The molecule has 1 unspecified atom stereocenters. The summed E-state index contributed by atoms with van der Waals surface area (Å²) in [4.78, 5) is 0. The van der Waals surface area contributed by atoms with Gasteiger partial charge in [0.05, 0.1) is 16.9 Å². The Bertz CT molecular complexity index is 298. The molecule has 1 aromatic heterocycles. The third kappa shape index (κ3) is 1.79. The molecule has 1 aliphatic rings. The van der Waals surface area contributed by atoms with Crippen LogP contribution in [0.1, 0.15) is 24.5 Å². The van der Waals surface area contributed by atoms with Crippen molar-refractivity contribution in [3.05, 3.63) is 16.9 Å². The minimum atomic E-state index is 0.528. The second-order valence-corrected chi connectivity index (χ2v) is 4.41. The fourth-order valence-electron chi connectivity index (χ4n) is 2.04. The van der Waals surface area contributed by atoms with Gasteiger partial charge in [0.1, 0.15) is 0 Å². The molecule has 2 rings (SSSR count). The highest BCUT2D eigenvalue weighted by atomic mass is 35.5. The van der Waals surface area contributed by atoms with Crippen molar-refractivity contribution in [1.29, 1.82) is 0 Å². The van der Waals surface area contributed by atoms with E-state index in [9.17, 15) is 0 Å². The van der Waals surface area contributed by atoms with Crippen molar-refractivity contribution in [1.82, 2.24) is 15.1 Å². The van der Waals surface area contributed by atoms with Gasteiger partial charge < -0.3 is 5.32 Å². The number of aryl methyl sites for hydroxylation is 1. The van der Waals surface area contributed by atoms with Crippen molar-refractivity contribution in [3.63, 3.8) is 0 Å². The molecule has 4 heteroatoms. The molecule has 1 fully saturated rings. The van der Waals surface area contributed by atoms with E-state index in [1.807, 2.05) is 18.8 Å². The summed E-state index contributed by atoms with van der Waals surface area (Å²) >= 11 is 6.14. The molecule has 0 aromatic carbocycles. The lowest BCUT2D eigenvalue weighted by molar-refractivity contribution is 0.523. The summed E-state index contributed by atoms with van der Waals surface area (Å²) in [5.74, 6) is 1.33. The molecule has 1 aliphatic carbocycles. The standard InChI is InChI=1S/C10H16ClN3/c1-12-5-8(7-3-4-7)10-9(11)6-13-14(10)2/h6-8,12H,3-5H2,1-2H3. The van der Waals surface area contributed by atoms with E-state index in [0.717, 1.165) is 17.5 Å². The molecular weight excluding hydrogens is 198 g/mol. The number of nitrogens with zero attached hydrogens (tertiary/aromatic N) is 2. The molecule has 1 saturated carbocycles. The van der Waals surface area contributed by atoms with E-state index in [1.54, 1.807) is 6.20 Å². The summed E-state index contributed by atoms with van der Waals surface area (Å²) in [6, 6.07) is 0. The van der Waals surface area contributed by atoms with Crippen molar-refractivity contribution in [3.8, 4) is 0 Å². The van der Waals surface area contributed by atoms with Crippen LogP contribution in [0.2, 0.25) is 5.02 Å². The van der Waals surface area contributed by atoms with Gasteiger partial charge in [-0.3, -0.25) is 4.68 Å². The zero-order valence-corrected chi connectivity index (χ0v) is 9.38. The second-order valence-electron chi connectivity index (χ2n) is 4.00. The first kappa shape index (κ1) is 9.99. The highest BCUT2D eigenvalue weighted by Crippen LogP contribution is 2.43. The fraction of sp³-hybridized carbons (Fsp3) is 0.700. The average molecular weight is 214 g/mol. The fourth-order valence-corrected chi connectivity index (χ4v) is 2.35. The van der Waals surface area contributed by atoms with Crippen LogP contribution in [0.15, 0.2) is 6.20 Å². The Kier molecular flexibility index (Phi) is 2.79. The van der Waals surface area contributed by atoms with Crippen molar-refractivity contribution in [2.75, 3.05) is 13.6 Å². The van der Waals surface area contributed by atoms with Crippen molar-refractivity contribution in [2.24, 2.45) is 13.0 Å². The Morgan fingerprint density at radius 3 is 2.86 bits per heavy atom. The van der Waals surface area contributed by atoms with Gasteiger partial charge in [-0.25, -0.2) is 0 Å². The number of rotatable bonds is 4. The van der Waals surface area contributed by atoms with E-state index >= 15 is 0 Å². The molecule has 3 nitrogen and oxygen atoms in total. The summed E-state index contributed by atoms with van der Waals surface area (Å²) in [5.41, 5.74) is 1.18. The van der Waals surface area contributed by atoms with Gasteiger partial charge in [0, 0.05) is 19.5 Å². The first-order valence-electron chi connectivity index (χ1n) is 5.06. The maximum atomic E-state index is 6.14. The second kappa shape index (κ2) is 3.91. The molecule has 1 N–H and O–H groups in total. The maximum absolute atomic E-state index is 6.14. The Labute approximate surface area is 89.4 Å². The van der Waals surface area contributed by atoms with Gasteiger partial charge in [-0.1, -0.05) is 11.6 Å². The summed E-state index contributed by atoms with van der Waals surface area (Å²) in [6.07, 6.45) is 4.39. The lowest BCUT2D eigenvalue weighted by Gasteiger charge is -2.16. The summed E-state index contributed by atoms with van der Waals surface area (Å²) in [7, 11) is 3.95. The van der Waals surface area contributed by atoms with Crippen LogP contribution in [0.25, 0.3) is 0 Å². The van der Waals surface area contributed by atoms with Crippen LogP contribution in [-0.4, -0.2) is 23.4 Å². The summed E-state index contributed by atoms with van der Waals surface area (Å²) < 4.78 is 1.91. The first-order chi connectivity index (χ1) is 6.74. The van der Waals surface area contributed by atoms with Crippen LogP contribution < -0.4 is 5.32 Å². The average Bonchev–Trinajstić information content (AvgIpc) is 2.92. The van der Waals surface area contributed by atoms with Gasteiger partial charge in [0.2, 0.25) is 0 Å². The summed E-state index contributed by atoms with van der Waals surface area (Å²) in [6.45, 7) is 0.990. The highest BCUT2D eigenvalue weighted by molar-refractivity contribution is 6.31. The Morgan fingerprint density at radius 2 is 2.43 bits per heavy atom. The molecular formula is C10H16ClN3. The molecule has 0 bridgehead atoms. The minimum absolute atomic E-state index is 0.528. The lowest BCUT2D eigenvalue weighted by Crippen LogP contribution is -2.21. The minimum Gasteiger partial charge on any atom is -0.319 e. The smallest absolute Gasteiger partial charge is 0.0821 e. The predicted octanol–water partition coefficient (Wildman–Crippen LogP) is 1.79. The molecule has 0 saturated heterocycles. The Morgan fingerprint density at radius 1 is 1.71 bits per heavy atom. The molecule has 14 heavy (non-hydrogen) atoms. The zero-order valence-electron chi connectivity index (χ0n) is 8.63. The van der Waals surface area contributed by atoms with Crippen LogP contribution >= 0.6 is 11.6 Å². The summed E-state index contributed by atoms with van der Waals surface area (Å²) in [5, 5.41) is 8.22. The van der Waals surface area contributed by atoms with Crippen LogP contribution in [0.4, 0.5) is 0 Å². The molecule has 0 amide bonds. The number of hydrogen-bond acceptors (Lipinski definition) is 2. The van der Waals surface area contributed by atoms with Crippen molar-refractivity contribution in [2.45, 2.75) is 18.8 Å². The molecule has 1 heterocycles. The predicted molar refractivity (Wildman–Crippen MR) is 57.6 cm³/mol. The van der Waals surface area contributed by atoms with Gasteiger partial charge in [-0.05, 0) is 25.8 Å².